The van der Waals surface area contributed by atoms with E-state index in [1.165, 1.54) is 25.1 Å². The van der Waals surface area contributed by atoms with Crippen LogP contribution in [0.4, 0.5) is 0 Å². The Bertz CT molecular complexity index is 525. The monoisotopic (exact) mass is 296 g/mol. The van der Waals surface area contributed by atoms with Gasteiger partial charge in [0.1, 0.15) is 4.90 Å². The van der Waals surface area contributed by atoms with Crippen LogP contribution in [-0.4, -0.2) is 20.4 Å². The van der Waals surface area contributed by atoms with Gasteiger partial charge in [-0.3, -0.25) is 4.79 Å². The minimum absolute atomic E-state index is 0.0262. The average molecular weight is 297 g/mol. The molecule has 0 fully saturated rings. The van der Waals surface area contributed by atoms with E-state index < -0.39 is 22.0 Å². The first-order valence-corrected chi connectivity index (χ1v) is 6.75. The quantitative estimate of drug-likeness (QED) is 0.873. The Labute approximate surface area is 109 Å². The highest BCUT2D eigenvalue weighted by Crippen LogP contribution is 2.28. The predicted molar refractivity (Wildman–Crippen MR) is 65.4 cm³/mol. The van der Waals surface area contributed by atoms with Crippen molar-refractivity contribution >= 4 is 39.1 Å². The van der Waals surface area contributed by atoms with Gasteiger partial charge in [-0.2, -0.15) is 4.72 Å². The minimum Gasteiger partial charge on any atom is -0.368 e. The first kappa shape index (κ1) is 14.2. The van der Waals surface area contributed by atoms with Crippen LogP contribution in [-0.2, 0) is 14.8 Å². The molecule has 5 nitrogen and oxygen atoms in total. The van der Waals surface area contributed by atoms with Crippen molar-refractivity contribution in [2.45, 2.75) is 17.9 Å². The van der Waals surface area contributed by atoms with E-state index in [9.17, 15) is 13.2 Å². The highest BCUT2D eigenvalue weighted by Gasteiger charge is 2.25. The number of rotatable bonds is 4. The zero-order valence-electron chi connectivity index (χ0n) is 8.78. The molecule has 0 spiro atoms. The van der Waals surface area contributed by atoms with Gasteiger partial charge in [-0.05, 0) is 19.1 Å². The van der Waals surface area contributed by atoms with Crippen LogP contribution in [0.25, 0.3) is 0 Å². The van der Waals surface area contributed by atoms with Crippen LogP contribution in [0.3, 0.4) is 0 Å². The molecule has 0 aliphatic rings. The van der Waals surface area contributed by atoms with Gasteiger partial charge >= 0.3 is 0 Å². The van der Waals surface area contributed by atoms with E-state index >= 15 is 0 Å². The summed E-state index contributed by atoms with van der Waals surface area (Å²) in [7, 11) is -3.98. The number of primary amides is 1. The third kappa shape index (κ3) is 3.32. The Morgan fingerprint density at radius 2 is 1.82 bits per heavy atom. The van der Waals surface area contributed by atoms with Crippen LogP contribution in [0.5, 0.6) is 0 Å². The molecule has 8 heteroatoms. The normalized spacial score (nSPS) is 13.4. The third-order valence-corrected chi connectivity index (χ3v) is 4.44. The van der Waals surface area contributed by atoms with Crippen LogP contribution in [0.15, 0.2) is 23.1 Å². The van der Waals surface area contributed by atoms with Crippen molar-refractivity contribution in [3.8, 4) is 0 Å². The van der Waals surface area contributed by atoms with Gasteiger partial charge in [0, 0.05) is 0 Å². The van der Waals surface area contributed by atoms with Crippen LogP contribution in [0.2, 0.25) is 10.0 Å². The first-order chi connectivity index (χ1) is 7.75. The topological polar surface area (TPSA) is 89.3 Å². The summed E-state index contributed by atoms with van der Waals surface area (Å²) in [5.41, 5.74) is 4.97. The van der Waals surface area contributed by atoms with E-state index in [0.717, 1.165) is 0 Å². The molecule has 1 unspecified atom stereocenters. The van der Waals surface area contributed by atoms with E-state index in [1.54, 1.807) is 0 Å². The first-order valence-electron chi connectivity index (χ1n) is 4.51. The lowest BCUT2D eigenvalue weighted by Gasteiger charge is -2.12. The largest absolute Gasteiger partial charge is 0.368 e. The maximum absolute atomic E-state index is 11.9. The van der Waals surface area contributed by atoms with E-state index in [-0.39, 0.29) is 14.9 Å². The fourth-order valence-electron chi connectivity index (χ4n) is 1.09. The van der Waals surface area contributed by atoms with Crippen molar-refractivity contribution in [1.82, 2.24) is 4.72 Å². The van der Waals surface area contributed by atoms with E-state index in [0.29, 0.717) is 0 Å². The van der Waals surface area contributed by atoms with Crippen LogP contribution in [0.1, 0.15) is 6.92 Å². The van der Waals surface area contributed by atoms with Gasteiger partial charge in [0.05, 0.1) is 16.1 Å². The van der Waals surface area contributed by atoms with Gasteiger partial charge in [0.25, 0.3) is 0 Å². The zero-order valence-corrected chi connectivity index (χ0v) is 11.1. The van der Waals surface area contributed by atoms with Crippen molar-refractivity contribution < 1.29 is 13.2 Å². The molecular weight excluding hydrogens is 287 g/mol. The van der Waals surface area contributed by atoms with Crippen LogP contribution in [0, 0.1) is 0 Å². The fourth-order valence-corrected chi connectivity index (χ4v) is 3.44. The molecular formula is C9H10Cl2N2O3S. The van der Waals surface area contributed by atoms with E-state index in [1.807, 2.05) is 0 Å². The molecule has 0 bridgehead atoms. The van der Waals surface area contributed by atoms with Crippen molar-refractivity contribution in [3.05, 3.63) is 28.2 Å². The Morgan fingerprint density at radius 3 is 2.24 bits per heavy atom. The molecule has 0 heterocycles. The predicted octanol–water partition coefficient (Wildman–Crippen LogP) is 1.15. The van der Waals surface area contributed by atoms with Gasteiger partial charge < -0.3 is 5.73 Å². The molecule has 0 aromatic heterocycles. The average Bonchev–Trinajstić information content (AvgIpc) is 2.15. The van der Waals surface area contributed by atoms with Crippen molar-refractivity contribution in [3.63, 3.8) is 0 Å². The zero-order chi connectivity index (χ0) is 13.2. The van der Waals surface area contributed by atoms with Crippen molar-refractivity contribution in [1.29, 1.82) is 0 Å². The van der Waals surface area contributed by atoms with Crippen molar-refractivity contribution in [2.24, 2.45) is 5.73 Å². The number of sulfonamides is 1. The number of halogens is 2. The van der Waals surface area contributed by atoms with Gasteiger partial charge in [-0.15, -0.1) is 0 Å². The molecule has 1 aromatic carbocycles. The summed E-state index contributed by atoms with van der Waals surface area (Å²) in [5.74, 6) is -0.795. The van der Waals surface area contributed by atoms with E-state index in [2.05, 4.69) is 4.72 Å². The maximum Gasteiger partial charge on any atom is 0.244 e. The Hall–Kier alpha value is -0.820. The summed E-state index contributed by atoms with van der Waals surface area (Å²) in [5, 5.41) is -0.0525. The second-order valence-electron chi connectivity index (χ2n) is 3.30. The summed E-state index contributed by atoms with van der Waals surface area (Å²) >= 11 is 11.5. The Balaban J connectivity index is 3.19. The summed E-state index contributed by atoms with van der Waals surface area (Å²) in [6.07, 6.45) is 0. The molecule has 1 rings (SSSR count). The molecule has 1 aromatic rings. The summed E-state index contributed by atoms with van der Waals surface area (Å²) in [6, 6.07) is 3.24. The molecule has 0 saturated heterocycles. The van der Waals surface area contributed by atoms with Gasteiger partial charge in [0.2, 0.25) is 15.9 Å². The highest BCUT2D eigenvalue weighted by atomic mass is 35.5. The number of hydrogen-bond donors (Lipinski definition) is 2. The number of nitrogens with one attached hydrogen (secondary N) is 1. The summed E-state index contributed by atoms with van der Waals surface area (Å²) < 4.78 is 25.9. The molecule has 17 heavy (non-hydrogen) atoms. The fraction of sp³-hybridized carbons (Fsp3) is 0.222. The van der Waals surface area contributed by atoms with Crippen LogP contribution >= 0.6 is 23.2 Å². The summed E-state index contributed by atoms with van der Waals surface area (Å²) in [6.45, 7) is 1.32. The molecule has 0 radical (unpaired) electrons. The lowest BCUT2D eigenvalue weighted by Crippen LogP contribution is -2.42. The minimum atomic E-state index is -3.98. The molecule has 0 saturated carbocycles. The number of carbonyl (C=O) groups excluding carboxylic acids is 1. The second-order valence-corrected chi connectivity index (χ2v) is 5.76. The Morgan fingerprint density at radius 1 is 1.35 bits per heavy atom. The van der Waals surface area contributed by atoms with E-state index in [4.69, 9.17) is 28.9 Å². The molecule has 1 amide bonds. The number of carbonyl (C=O) groups is 1. The SMILES string of the molecule is CC(NS(=O)(=O)c1c(Cl)cccc1Cl)C(N)=O. The standard InChI is InChI=1S/C9H10Cl2N2O3S/c1-5(9(12)14)13-17(15,16)8-6(10)3-2-4-7(8)11/h2-5,13H,1H3,(H2,12,14). The molecule has 0 aliphatic carbocycles. The second kappa shape index (κ2) is 5.22. The van der Waals surface area contributed by atoms with Gasteiger partial charge in [0.15, 0.2) is 0 Å². The molecule has 94 valence electrons. The molecule has 0 aliphatic heterocycles. The number of nitrogens with two attached hydrogens (primary N) is 1. The van der Waals surface area contributed by atoms with Gasteiger partial charge in [-0.25, -0.2) is 8.42 Å². The third-order valence-electron chi connectivity index (χ3n) is 1.95. The Kier molecular flexibility index (Phi) is 4.37. The highest BCUT2D eigenvalue weighted by molar-refractivity contribution is 7.89. The number of amides is 1. The maximum atomic E-state index is 11.9. The summed E-state index contributed by atoms with van der Waals surface area (Å²) in [4.78, 5) is 10.5. The number of hydrogen-bond acceptors (Lipinski definition) is 3. The number of benzene rings is 1. The molecule has 3 N–H and O–H groups in total. The molecule has 1 atom stereocenters. The van der Waals surface area contributed by atoms with Gasteiger partial charge in [-0.1, -0.05) is 29.3 Å². The smallest absolute Gasteiger partial charge is 0.244 e. The lowest BCUT2D eigenvalue weighted by atomic mass is 10.4. The lowest BCUT2D eigenvalue weighted by molar-refractivity contribution is -0.119. The van der Waals surface area contributed by atoms with Crippen LogP contribution < -0.4 is 10.5 Å². The van der Waals surface area contributed by atoms with Crippen molar-refractivity contribution in [2.75, 3.05) is 0 Å².